The summed E-state index contributed by atoms with van der Waals surface area (Å²) in [6, 6.07) is 10.8. The van der Waals surface area contributed by atoms with E-state index < -0.39 is 57.0 Å². The predicted molar refractivity (Wildman–Crippen MR) is 211 cm³/mol. The van der Waals surface area contributed by atoms with Gasteiger partial charge >= 0.3 is 13.8 Å². The Morgan fingerprint density at radius 2 is 1.56 bits per heavy atom. The van der Waals surface area contributed by atoms with Gasteiger partial charge in [0.25, 0.3) is 0 Å². The van der Waals surface area contributed by atoms with E-state index >= 15 is 0 Å². The van der Waals surface area contributed by atoms with Gasteiger partial charge in [0.05, 0.1) is 25.5 Å². The molecule has 1 unspecified atom stereocenters. The number of nitrogens with zero attached hydrogens (tertiary/aromatic N) is 4. The Morgan fingerprint density at radius 3 is 2.18 bits per heavy atom. The number of nitrogens with two attached hydrogens (primary N) is 1. The zero-order valence-corrected chi connectivity index (χ0v) is 33.8. The highest BCUT2D eigenvalue weighted by Gasteiger charge is 2.58. The number of carboxylic acid groups (broad SMARTS) is 1. The lowest BCUT2D eigenvalue weighted by Gasteiger charge is -2.24. The number of carboxylic acids is 1. The number of phosphoric acid groups is 1. The Labute approximate surface area is 334 Å². The molecule has 17 heteroatoms. The fraction of sp³-hybridized carbons (Fsp3) is 0.650. The molecule has 1 aromatic carbocycles. The molecule has 1 fully saturated rings. The van der Waals surface area contributed by atoms with Crippen molar-refractivity contribution in [1.29, 1.82) is 5.26 Å². The number of ether oxygens (including phenoxy) is 3. The van der Waals surface area contributed by atoms with Gasteiger partial charge in [-0.2, -0.15) is 10.4 Å². The van der Waals surface area contributed by atoms with Crippen LogP contribution >= 0.6 is 7.82 Å². The van der Waals surface area contributed by atoms with Gasteiger partial charge in [-0.1, -0.05) is 115 Å². The number of aromatic carboxylic acids is 1. The number of rotatable bonds is 29. The molecule has 4 rings (SSSR count). The van der Waals surface area contributed by atoms with Crippen molar-refractivity contribution in [2.24, 2.45) is 0 Å². The van der Waals surface area contributed by atoms with Gasteiger partial charge in [-0.25, -0.2) is 18.9 Å². The summed E-state index contributed by atoms with van der Waals surface area (Å²) in [6.45, 7) is 1.30. The number of hydrogen-bond acceptors (Lipinski definition) is 13. The molecule has 0 radical (unpaired) electrons. The molecule has 316 valence electrons. The highest BCUT2D eigenvalue weighted by atomic mass is 31.2. The zero-order chi connectivity index (χ0) is 41.1. The Bertz CT molecular complexity index is 1760. The van der Waals surface area contributed by atoms with Crippen LogP contribution in [0.1, 0.15) is 126 Å². The van der Waals surface area contributed by atoms with Gasteiger partial charge in [0.15, 0.2) is 5.82 Å². The Morgan fingerprint density at radius 1 is 0.947 bits per heavy atom. The van der Waals surface area contributed by atoms with Gasteiger partial charge in [0, 0.05) is 6.61 Å². The number of fused-ring (bicyclic) bond motifs is 1. The Balaban J connectivity index is 1.21. The van der Waals surface area contributed by atoms with Crippen LogP contribution < -0.4 is 10.5 Å². The summed E-state index contributed by atoms with van der Waals surface area (Å²) < 4.78 is 42.2. The second-order valence-electron chi connectivity index (χ2n) is 14.6. The van der Waals surface area contributed by atoms with Crippen molar-refractivity contribution in [2.75, 3.05) is 32.2 Å². The topological polar surface area (TPSA) is 241 Å². The Kier molecular flexibility index (Phi) is 19.1. The van der Waals surface area contributed by atoms with Gasteiger partial charge < -0.3 is 40.2 Å². The van der Waals surface area contributed by atoms with E-state index in [2.05, 4.69) is 17.0 Å². The van der Waals surface area contributed by atoms with E-state index in [0.29, 0.717) is 12.1 Å². The van der Waals surface area contributed by atoms with Crippen LogP contribution in [0.3, 0.4) is 0 Å². The average molecular weight is 818 g/mol. The number of nitriles is 1. The first-order valence-corrected chi connectivity index (χ1v) is 21.7. The van der Waals surface area contributed by atoms with Crippen molar-refractivity contribution in [1.82, 2.24) is 14.6 Å². The average Bonchev–Trinajstić information content (AvgIpc) is 3.75. The zero-order valence-electron chi connectivity index (χ0n) is 33.0. The first kappa shape index (κ1) is 46.0. The minimum atomic E-state index is -4.87. The van der Waals surface area contributed by atoms with Crippen LogP contribution in [0, 0.1) is 11.3 Å². The molecule has 0 bridgehead atoms. The van der Waals surface area contributed by atoms with Crippen molar-refractivity contribution < 1.29 is 52.8 Å². The third-order valence-corrected chi connectivity index (χ3v) is 11.1. The van der Waals surface area contributed by atoms with Crippen LogP contribution in [0.25, 0.3) is 5.52 Å². The molecule has 57 heavy (non-hydrogen) atoms. The summed E-state index contributed by atoms with van der Waals surface area (Å²) in [5, 5.41) is 45.6. The maximum absolute atomic E-state index is 13.0. The second kappa shape index (κ2) is 23.7. The van der Waals surface area contributed by atoms with Gasteiger partial charge in [-0.3, -0.25) is 9.05 Å². The van der Waals surface area contributed by atoms with E-state index in [1.165, 1.54) is 112 Å². The third kappa shape index (κ3) is 13.7. The molecule has 3 heterocycles. The number of benzene rings is 1. The van der Waals surface area contributed by atoms with E-state index in [0.717, 1.165) is 25.6 Å². The molecular weight excluding hydrogens is 757 g/mol. The minimum Gasteiger partial charge on any atom is -0.485 e. The summed E-state index contributed by atoms with van der Waals surface area (Å²) >= 11 is 0. The predicted octanol–water partition coefficient (Wildman–Crippen LogP) is 6.71. The van der Waals surface area contributed by atoms with Gasteiger partial charge in [-0.15, -0.1) is 0 Å². The third-order valence-electron chi connectivity index (χ3n) is 10.2. The summed E-state index contributed by atoms with van der Waals surface area (Å²) in [5.41, 5.74) is 4.03. The van der Waals surface area contributed by atoms with Crippen LogP contribution in [-0.2, 0) is 28.7 Å². The minimum absolute atomic E-state index is 0.0209. The number of aromatic nitrogens is 3. The molecule has 16 nitrogen and oxygen atoms in total. The quantitative estimate of drug-likeness (QED) is 0.0361. The molecule has 3 aromatic rings. The number of para-hydroxylation sites is 1. The van der Waals surface area contributed by atoms with Crippen molar-refractivity contribution in [3.8, 4) is 11.8 Å². The van der Waals surface area contributed by atoms with Crippen LogP contribution in [0.4, 0.5) is 5.82 Å². The normalized spacial score (nSPS) is 21.0. The van der Waals surface area contributed by atoms with Crippen molar-refractivity contribution in [2.45, 2.75) is 140 Å². The molecule has 2 aromatic heterocycles. The van der Waals surface area contributed by atoms with E-state index in [9.17, 15) is 34.8 Å². The maximum atomic E-state index is 13.0. The van der Waals surface area contributed by atoms with Crippen LogP contribution in [0.15, 0.2) is 42.7 Å². The van der Waals surface area contributed by atoms with Crippen LogP contribution in [0.5, 0.6) is 5.75 Å². The number of unbranched alkanes of at least 4 members (excludes halogenated alkanes) is 15. The monoisotopic (exact) mass is 817 g/mol. The SMILES string of the molecule is CCCCCCCCCCCCCCCCCCOC[C@H](COP(=O)(O)OC[C@H]1O[C@@](C#N)(c2ccc3c(N)ncnn23)[C@H](O)[C@@H]1O)Oc1ccccc1C(=O)O. The van der Waals surface area contributed by atoms with E-state index in [1.54, 1.807) is 12.1 Å². The lowest BCUT2D eigenvalue weighted by Crippen LogP contribution is -2.41. The summed E-state index contributed by atoms with van der Waals surface area (Å²) in [5.74, 6) is -1.09. The molecular formula is C40H60N5O11P. The summed E-state index contributed by atoms with van der Waals surface area (Å²) in [6.07, 6.45) is 15.1. The van der Waals surface area contributed by atoms with E-state index in [4.69, 9.17) is 29.0 Å². The lowest BCUT2D eigenvalue weighted by molar-refractivity contribution is -0.0652. The van der Waals surface area contributed by atoms with Crippen LogP contribution in [0.2, 0.25) is 0 Å². The molecule has 6 atom stereocenters. The number of aliphatic hydroxyl groups excluding tert-OH is 2. The fourth-order valence-corrected chi connectivity index (χ4v) is 7.71. The molecule has 0 amide bonds. The highest BCUT2D eigenvalue weighted by Crippen LogP contribution is 2.46. The van der Waals surface area contributed by atoms with E-state index in [1.807, 2.05) is 6.07 Å². The summed E-state index contributed by atoms with van der Waals surface area (Å²) in [7, 11) is -4.87. The number of nitrogen functional groups attached to an aromatic ring is 1. The molecule has 0 saturated carbocycles. The number of aliphatic hydroxyl groups is 2. The first-order chi connectivity index (χ1) is 27.5. The Hall–Kier alpha value is -3.65. The molecule has 1 aliphatic heterocycles. The van der Waals surface area contributed by atoms with Crippen molar-refractivity contribution in [3.63, 3.8) is 0 Å². The molecule has 1 aliphatic rings. The molecule has 0 spiro atoms. The number of phosphoric ester groups is 1. The van der Waals surface area contributed by atoms with Crippen molar-refractivity contribution >= 4 is 25.1 Å². The highest BCUT2D eigenvalue weighted by molar-refractivity contribution is 7.47. The largest absolute Gasteiger partial charge is 0.485 e. The lowest BCUT2D eigenvalue weighted by atomic mass is 9.92. The molecule has 6 N–H and O–H groups in total. The standard InChI is InChI=1S/C40H60N5O11P/c1-2-3-4-5-6-7-8-9-10-11-12-13-14-15-16-19-24-52-25-30(55-33-21-18-17-20-31(33)39(48)49)26-53-57(50,51)54-27-34-36(46)37(47)40(28-41,56-34)35-23-22-32-38(42)43-29-44-45(32)35/h17-18,20-23,29-30,34,36-37,46-47H,2-16,19,24-27H2,1H3,(H,48,49)(H,50,51)(H2,42,43,44)/t30-,34-,36-,37-,40+/m1/s1. The number of carbonyl (C=O) groups is 1. The maximum Gasteiger partial charge on any atom is 0.472 e. The van der Waals surface area contributed by atoms with Crippen molar-refractivity contribution in [3.05, 3.63) is 54.0 Å². The molecule has 1 saturated heterocycles. The number of hydrogen-bond donors (Lipinski definition) is 5. The fourth-order valence-electron chi connectivity index (χ4n) is 6.94. The second-order valence-corrected chi connectivity index (χ2v) is 16.0. The van der Waals surface area contributed by atoms with Crippen LogP contribution in [-0.4, -0.2) is 91.6 Å². The summed E-state index contributed by atoms with van der Waals surface area (Å²) in [4.78, 5) is 26.3. The van der Waals surface area contributed by atoms with E-state index in [-0.39, 0.29) is 29.4 Å². The van der Waals surface area contributed by atoms with Gasteiger partial charge in [0.1, 0.15) is 53.6 Å². The molecule has 0 aliphatic carbocycles. The number of anilines is 1. The van der Waals surface area contributed by atoms with Gasteiger partial charge in [-0.05, 0) is 30.7 Å². The smallest absolute Gasteiger partial charge is 0.472 e. The van der Waals surface area contributed by atoms with Gasteiger partial charge in [0.2, 0.25) is 5.60 Å². The first-order valence-electron chi connectivity index (χ1n) is 20.3.